The largest absolute Gasteiger partial charge is 0.457 e. The first-order chi connectivity index (χ1) is 19.1. The first-order valence-electron chi connectivity index (χ1n) is 13.2. The molecule has 2 unspecified atom stereocenters. The molecule has 0 saturated heterocycles. The van der Waals surface area contributed by atoms with Crippen LogP contribution in [0.15, 0.2) is 48.5 Å². The van der Waals surface area contributed by atoms with Crippen LogP contribution in [0.4, 0.5) is 4.79 Å². The maximum absolute atomic E-state index is 12.6. The van der Waals surface area contributed by atoms with Gasteiger partial charge >= 0.3 is 12.1 Å². The zero-order valence-corrected chi connectivity index (χ0v) is 24.9. The molecule has 9 nitrogen and oxygen atoms in total. The van der Waals surface area contributed by atoms with E-state index < -0.39 is 24.0 Å². The van der Waals surface area contributed by atoms with Crippen LogP contribution in [0.1, 0.15) is 60.7 Å². The average molecular weight is 618 g/mol. The monoisotopic (exact) mass is 616 g/mol. The van der Waals surface area contributed by atoms with Gasteiger partial charge in [0.15, 0.2) is 18.2 Å². The van der Waals surface area contributed by atoms with Gasteiger partial charge in [0.25, 0.3) is 0 Å². The lowest BCUT2D eigenvalue weighted by molar-refractivity contribution is -0.147. The van der Waals surface area contributed by atoms with Crippen molar-refractivity contribution in [3.05, 3.63) is 59.7 Å². The first kappa shape index (κ1) is 32.7. The number of alkyl halides is 1. The molecule has 2 N–H and O–H groups in total. The third kappa shape index (κ3) is 9.89. The molecule has 0 bridgehead atoms. The van der Waals surface area contributed by atoms with Crippen LogP contribution in [-0.4, -0.2) is 61.2 Å². The van der Waals surface area contributed by atoms with Gasteiger partial charge in [0.05, 0.1) is 18.4 Å². The second-order valence-electron chi connectivity index (χ2n) is 9.64. The summed E-state index contributed by atoms with van der Waals surface area (Å²) in [6.45, 7) is 5.46. The Bertz CT molecular complexity index is 1160. The number of halogens is 1. The molecule has 2 amide bonds. The molecule has 0 saturated carbocycles. The Morgan fingerprint density at radius 3 is 1.90 bits per heavy atom. The summed E-state index contributed by atoms with van der Waals surface area (Å²) >= 11 is 3.16. The van der Waals surface area contributed by atoms with E-state index in [9.17, 15) is 24.0 Å². The number of ketones is 2. The Balaban J connectivity index is 1.81. The molecule has 0 aliphatic rings. The van der Waals surface area contributed by atoms with Crippen molar-refractivity contribution in [3.63, 3.8) is 0 Å². The summed E-state index contributed by atoms with van der Waals surface area (Å²) in [4.78, 5) is 60.9. The van der Waals surface area contributed by atoms with E-state index in [0.717, 1.165) is 11.1 Å². The minimum atomic E-state index is -0.727. The molecule has 0 heterocycles. The van der Waals surface area contributed by atoms with Crippen LogP contribution >= 0.6 is 15.9 Å². The highest BCUT2D eigenvalue weighted by Gasteiger charge is 2.25. The van der Waals surface area contributed by atoms with Gasteiger partial charge in [-0.05, 0) is 36.3 Å². The number of esters is 1. The molecule has 2 atom stereocenters. The Morgan fingerprint density at radius 2 is 1.43 bits per heavy atom. The molecule has 40 heavy (non-hydrogen) atoms. The third-order valence-corrected chi connectivity index (χ3v) is 6.99. The SMILES string of the molecule is CCC(CCCNC(=O)C(NC(=O)OC)C(C)C)C(=O)OCC(=O)c1ccc(-c2ccc(C(=O)CBr)cc2)cc1. The number of ether oxygens (including phenoxy) is 2. The van der Waals surface area contributed by atoms with E-state index in [1.807, 2.05) is 45.0 Å². The summed E-state index contributed by atoms with van der Waals surface area (Å²) in [5, 5.41) is 5.56. The molecule has 0 fully saturated rings. The maximum Gasteiger partial charge on any atom is 0.407 e. The molecule has 0 aliphatic carbocycles. The van der Waals surface area contributed by atoms with Gasteiger partial charge in [-0.2, -0.15) is 0 Å². The van der Waals surface area contributed by atoms with Crippen molar-refractivity contribution in [1.29, 1.82) is 0 Å². The summed E-state index contributed by atoms with van der Waals surface area (Å²) < 4.78 is 9.87. The van der Waals surface area contributed by atoms with Crippen molar-refractivity contribution in [1.82, 2.24) is 10.6 Å². The number of hydrogen-bond donors (Lipinski definition) is 2. The first-order valence-corrected chi connectivity index (χ1v) is 14.3. The number of nitrogens with one attached hydrogen (secondary N) is 2. The summed E-state index contributed by atoms with van der Waals surface area (Å²) in [5.41, 5.74) is 2.86. The van der Waals surface area contributed by atoms with E-state index in [4.69, 9.17) is 4.74 Å². The number of alkyl carbamates (subject to hydrolysis) is 1. The van der Waals surface area contributed by atoms with Gasteiger partial charge in [0.2, 0.25) is 5.91 Å². The standard InChI is InChI=1S/C30H37BrN2O7/c1-5-20(7-6-16-32-28(36)27(19(2)3)33-30(38)39-4)29(37)40-18-26(35)24-14-10-22(11-15-24)21-8-12-23(13-9-21)25(34)17-31/h8-15,19-20,27H,5-7,16-18H2,1-4H3,(H,32,36)(H,33,38). The van der Waals surface area contributed by atoms with E-state index in [-0.39, 0.29) is 35.3 Å². The summed E-state index contributed by atoms with van der Waals surface area (Å²) in [6.07, 6.45) is 0.870. The number of carbonyl (C=O) groups excluding carboxylic acids is 5. The van der Waals surface area contributed by atoms with Gasteiger partial charge in [-0.25, -0.2) is 4.79 Å². The fourth-order valence-corrected chi connectivity index (χ4v) is 4.32. The van der Waals surface area contributed by atoms with Gasteiger partial charge < -0.3 is 20.1 Å². The van der Waals surface area contributed by atoms with E-state index in [2.05, 4.69) is 31.3 Å². The smallest absolute Gasteiger partial charge is 0.407 e. The number of benzene rings is 2. The second kappa shape index (κ2) is 16.5. The highest BCUT2D eigenvalue weighted by molar-refractivity contribution is 9.09. The fraction of sp³-hybridized carbons (Fsp3) is 0.433. The van der Waals surface area contributed by atoms with Crippen molar-refractivity contribution in [2.24, 2.45) is 11.8 Å². The second-order valence-corrected chi connectivity index (χ2v) is 10.2. The normalized spacial score (nSPS) is 12.2. The molecule has 216 valence electrons. The topological polar surface area (TPSA) is 128 Å². The lowest BCUT2D eigenvalue weighted by Gasteiger charge is -2.21. The Labute approximate surface area is 243 Å². The molecule has 2 rings (SSSR count). The van der Waals surface area contributed by atoms with Crippen molar-refractivity contribution >= 4 is 45.5 Å². The third-order valence-electron chi connectivity index (χ3n) is 6.48. The Morgan fingerprint density at radius 1 is 0.875 bits per heavy atom. The summed E-state index contributed by atoms with van der Waals surface area (Å²) in [7, 11) is 1.23. The van der Waals surface area contributed by atoms with Crippen molar-refractivity contribution < 1.29 is 33.4 Å². The molecule has 2 aromatic rings. The van der Waals surface area contributed by atoms with Gasteiger partial charge in [0.1, 0.15) is 6.04 Å². The van der Waals surface area contributed by atoms with E-state index >= 15 is 0 Å². The molecule has 2 aromatic carbocycles. The zero-order chi connectivity index (χ0) is 29.7. The molecule has 0 radical (unpaired) electrons. The van der Waals surface area contributed by atoms with Crippen LogP contribution in [0.5, 0.6) is 0 Å². The molecule has 10 heteroatoms. The lowest BCUT2D eigenvalue weighted by Crippen LogP contribution is -2.49. The summed E-state index contributed by atoms with van der Waals surface area (Å²) in [5.74, 6) is -1.62. The Kier molecular flexibility index (Phi) is 13.5. The highest BCUT2D eigenvalue weighted by atomic mass is 79.9. The van der Waals surface area contributed by atoms with Crippen LogP contribution < -0.4 is 10.6 Å². The van der Waals surface area contributed by atoms with E-state index in [0.29, 0.717) is 36.9 Å². The number of rotatable bonds is 15. The number of carbonyl (C=O) groups is 5. The van der Waals surface area contributed by atoms with Gasteiger partial charge in [0, 0.05) is 17.7 Å². The predicted octanol–water partition coefficient (Wildman–Crippen LogP) is 4.96. The number of hydrogen-bond acceptors (Lipinski definition) is 7. The molecule has 0 aliphatic heterocycles. The Hall–Kier alpha value is -3.53. The number of Topliss-reactive ketones (excluding diaryl/α,β-unsaturated/α-hetero) is 2. The average Bonchev–Trinajstić information content (AvgIpc) is 2.97. The van der Waals surface area contributed by atoms with Crippen LogP contribution in [0.3, 0.4) is 0 Å². The van der Waals surface area contributed by atoms with Gasteiger partial charge in [-0.1, -0.05) is 85.2 Å². The molecule has 0 aromatic heterocycles. The van der Waals surface area contributed by atoms with E-state index in [1.165, 1.54) is 7.11 Å². The van der Waals surface area contributed by atoms with Crippen molar-refractivity contribution in [3.8, 4) is 11.1 Å². The van der Waals surface area contributed by atoms with Crippen LogP contribution in [0.2, 0.25) is 0 Å². The summed E-state index contributed by atoms with van der Waals surface area (Å²) in [6, 6.07) is 13.5. The molecular formula is C30H37BrN2O7. The molecular weight excluding hydrogens is 580 g/mol. The predicted molar refractivity (Wildman–Crippen MR) is 155 cm³/mol. The number of methoxy groups -OCH3 is 1. The van der Waals surface area contributed by atoms with Crippen LogP contribution in [0.25, 0.3) is 11.1 Å². The van der Waals surface area contributed by atoms with Crippen molar-refractivity contribution in [2.45, 2.75) is 46.1 Å². The minimum absolute atomic E-state index is 0.00362. The van der Waals surface area contributed by atoms with Crippen LogP contribution in [-0.2, 0) is 19.1 Å². The maximum atomic E-state index is 12.6. The van der Waals surface area contributed by atoms with Crippen molar-refractivity contribution in [2.75, 3.05) is 25.6 Å². The fourth-order valence-electron chi connectivity index (χ4n) is 3.99. The van der Waals surface area contributed by atoms with Gasteiger partial charge in [-0.15, -0.1) is 0 Å². The highest BCUT2D eigenvalue weighted by Crippen LogP contribution is 2.21. The molecule has 0 spiro atoms. The quantitative estimate of drug-likeness (QED) is 0.125. The van der Waals surface area contributed by atoms with Crippen LogP contribution in [0, 0.1) is 11.8 Å². The number of amides is 2. The minimum Gasteiger partial charge on any atom is -0.457 e. The zero-order valence-electron chi connectivity index (χ0n) is 23.3. The lowest BCUT2D eigenvalue weighted by atomic mass is 10.00. The van der Waals surface area contributed by atoms with Gasteiger partial charge in [-0.3, -0.25) is 19.2 Å². The van der Waals surface area contributed by atoms with E-state index in [1.54, 1.807) is 24.3 Å².